The molecule has 3 atom stereocenters. The number of hydrogen-bond acceptors (Lipinski definition) is 6. The Balaban J connectivity index is 1.24. The van der Waals surface area contributed by atoms with Crippen LogP contribution in [-0.2, 0) is 4.79 Å². The smallest absolute Gasteiger partial charge is 0.224 e. The minimum atomic E-state index is 0.0329. The number of likely N-dealkylation sites (tertiary alicyclic amines) is 1. The van der Waals surface area contributed by atoms with Gasteiger partial charge >= 0.3 is 0 Å². The highest BCUT2D eigenvalue weighted by Crippen LogP contribution is 2.28. The van der Waals surface area contributed by atoms with Gasteiger partial charge in [0.25, 0.3) is 0 Å². The molecule has 2 saturated heterocycles. The van der Waals surface area contributed by atoms with Gasteiger partial charge in [0.05, 0.1) is 5.92 Å². The first kappa shape index (κ1) is 21.3. The molecular formula is C22H34N6OS. The summed E-state index contributed by atoms with van der Waals surface area (Å²) in [6, 6.07) is 5.29. The van der Waals surface area contributed by atoms with Crippen LogP contribution in [0.4, 0.5) is 5.13 Å². The first-order valence-electron chi connectivity index (χ1n) is 11.4. The number of carbonyl (C=O) groups is 1. The molecular weight excluding hydrogens is 396 g/mol. The van der Waals surface area contributed by atoms with Gasteiger partial charge in [-0.3, -0.25) is 14.3 Å². The van der Waals surface area contributed by atoms with E-state index in [4.69, 9.17) is 0 Å². The van der Waals surface area contributed by atoms with E-state index in [2.05, 4.69) is 39.2 Å². The molecule has 0 radical (unpaired) electrons. The van der Waals surface area contributed by atoms with Crippen molar-refractivity contribution in [3.05, 3.63) is 24.5 Å². The molecule has 2 aliphatic rings. The summed E-state index contributed by atoms with van der Waals surface area (Å²) in [5, 5.41) is 13.6. The number of rotatable bonds is 7. The van der Waals surface area contributed by atoms with Crippen LogP contribution in [0.15, 0.2) is 24.5 Å². The Hall–Kier alpha value is -1.93. The maximum absolute atomic E-state index is 12.8. The third-order valence-corrected chi connectivity index (χ3v) is 7.56. The van der Waals surface area contributed by atoms with E-state index in [1.807, 2.05) is 29.1 Å². The summed E-state index contributed by atoms with van der Waals surface area (Å²) in [7, 11) is 0. The number of amides is 1. The predicted octanol–water partition coefficient (Wildman–Crippen LogP) is 3.31. The van der Waals surface area contributed by atoms with E-state index in [9.17, 15) is 4.79 Å². The molecule has 164 valence electrons. The van der Waals surface area contributed by atoms with Crippen LogP contribution in [0.1, 0.15) is 52.4 Å². The number of piperidine rings is 2. The van der Waals surface area contributed by atoms with E-state index in [-0.39, 0.29) is 11.8 Å². The number of nitrogens with zero attached hydrogens (tertiary/aromatic N) is 5. The number of hydrogen-bond donors (Lipinski definition) is 1. The van der Waals surface area contributed by atoms with E-state index in [0.717, 1.165) is 55.7 Å². The van der Waals surface area contributed by atoms with Crippen molar-refractivity contribution in [2.24, 2.45) is 5.92 Å². The van der Waals surface area contributed by atoms with Crippen LogP contribution in [0.3, 0.4) is 0 Å². The van der Waals surface area contributed by atoms with Crippen LogP contribution in [0, 0.1) is 5.92 Å². The lowest BCUT2D eigenvalue weighted by molar-refractivity contribution is -0.125. The zero-order valence-corrected chi connectivity index (χ0v) is 19.0. The quantitative estimate of drug-likeness (QED) is 0.683. The normalized spacial score (nSPS) is 25.4. The standard InChI is InChI=1S/C22H34N6OS/c1-17-8-5-9-18(2)28(17)15-7-11-23-20(29)19-10-6-14-27(16-19)22-25-24-21(30-22)26-12-3-4-13-26/h3-4,12-13,17-19H,5-11,14-16H2,1-2H3,(H,23,29)/t17-,18-,19+/m1/s1. The van der Waals surface area contributed by atoms with E-state index < -0.39 is 0 Å². The molecule has 0 unspecified atom stereocenters. The van der Waals surface area contributed by atoms with Crippen molar-refractivity contribution in [3.8, 4) is 5.13 Å². The van der Waals surface area contributed by atoms with E-state index in [1.54, 1.807) is 11.3 Å². The SMILES string of the molecule is C[C@@H]1CCC[C@@H](C)N1CCCNC(=O)[C@H]1CCCN(c2nnc(-n3cccc3)s2)C1. The summed E-state index contributed by atoms with van der Waals surface area (Å²) >= 11 is 1.58. The van der Waals surface area contributed by atoms with Crippen molar-refractivity contribution < 1.29 is 4.79 Å². The molecule has 2 aromatic heterocycles. The molecule has 4 heterocycles. The maximum Gasteiger partial charge on any atom is 0.224 e. The summed E-state index contributed by atoms with van der Waals surface area (Å²) in [6.07, 6.45) is 10.9. The maximum atomic E-state index is 12.8. The van der Waals surface area contributed by atoms with Gasteiger partial charge < -0.3 is 10.2 Å². The molecule has 2 fully saturated rings. The topological polar surface area (TPSA) is 66.3 Å². The van der Waals surface area contributed by atoms with Gasteiger partial charge in [-0.05, 0) is 58.1 Å². The van der Waals surface area contributed by atoms with Crippen LogP contribution in [0.25, 0.3) is 5.13 Å². The van der Waals surface area contributed by atoms with Crippen LogP contribution in [0.2, 0.25) is 0 Å². The Morgan fingerprint density at radius 1 is 1.10 bits per heavy atom. The molecule has 30 heavy (non-hydrogen) atoms. The second-order valence-electron chi connectivity index (χ2n) is 8.75. The second-order valence-corrected chi connectivity index (χ2v) is 9.69. The summed E-state index contributed by atoms with van der Waals surface area (Å²) in [5.74, 6) is 0.222. The van der Waals surface area contributed by atoms with Gasteiger partial charge in [0.2, 0.25) is 16.2 Å². The average Bonchev–Trinajstić information content (AvgIpc) is 3.44. The van der Waals surface area contributed by atoms with Gasteiger partial charge in [-0.25, -0.2) is 0 Å². The summed E-state index contributed by atoms with van der Waals surface area (Å²) in [6.45, 7) is 8.18. The number of carbonyl (C=O) groups excluding carboxylic acids is 1. The van der Waals surface area contributed by atoms with Crippen molar-refractivity contribution in [2.75, 3.05) is 31.1 Å². The highest BCUT2D eigenvalue weighted by molar-refractivity contribution is 7.17. The van der Waals surface area contributed by atoms with Crippen molar-refractivity contribution in [1.29, 1.82) is 0 Å². The fourth-order valence-corrected chi connectivity index (χ4v) is 5.65. The molecule has 2 aliphatic heterocycles. The fraction of sp³-hybridized carbons (Fsp3) is 0.682. The molecule has 7 nitrogen and oxygen atoms in total. The molecule has 8 heteroatoms. The van der Waals surface area contributed by atoms with Crippen LogP contribution in [-0.4, -0.2) is 63.8 Å². The number of aromatic nitrogens is 3. The van der Waals surface area contributed by atoms with E-state index in [1.165, 1.54) is 19.3 Å². The molecule has 2 aromatic rings. The molecule has 0 aliphatic carbocycles. The lowest BCUT2D eigenvalue weighted by Crippen LogP contribution is -2.46. The molecule has 0 aromatic carbocycles. The van der Waals surface area contributed by atoms with Crippen molar-refractivity contribution in [3.63, 3.8) is 0 Å². The van der Waals surface area contributed by atoms with E-state index in [0.29, 0.717) is 12.1 Å². The summed E-state index contributed by atoms with van der Waals surface area (Å²) in [5.41, 5.74) is 0. The molecule has 1 amide bonds. The number of nitrogens with one attached hydrogen (secondary N) is 1. The largest absolute Gasteiger partial charge is 0.356 e. The minimum Gasteiger partial charge on any atom is -0.356 e. The van der Waals surface area contributed by atoms with Crippen LogP contribution in [0.5, 0.6) is 0 Å². The molecule has 0 saturated carbocycles. The zero-order chi connectivity index (χ0) is 20.9. The van der Waals surface area contributed by atoms with Crippen LogP contribution < -0.4 is 10.2 Å². The minimum absolute atomic E-state index is 0.0329. The first-order chi connectivity index (χ1) is 14.6. The van der Waals surface area contributed by atoms with Crippen molar-refractivity contribution >= 4 is 22.4 Å². The molecule has 4 rings (SSSR count). The first-order valence-corrected chi connectivity index (χ1v) is 12.2. The highest BCUT2D eigenvalue weighted by Gasteiger charge is 2.28. The fourth-order valence-electron chi connectivity index (χ4n) is 4.80. The lowest BCUT2D eigenvalue weighted by atomic mass is 9.97. The van der Waals surface area contributed by atoms with Gasteiger partial charge in [-0.15, -0.1) is 10.2 Å². The zero-order valence-electron chi connectivity index (χ0n) is 18.2. The average molecular weight is 431 g/mol. The Bertz CT molecular complexity index is 796. The van der Waals surface area contributed by atoms with Crippen molar-refractivity contribution in [2.45, 2.75) is 64.5 Å². The van der Waals surface area contributed by atoms with E-state index >= 15 is 0 Å². The second kappa shape index (κ2) is 9.92. The van der Waals surface area contributed by atoms with Crippen LogP contribution >= 0.6 is 11.3 Å². The predicted molar refractivity (Wildman–Crippen MR) is 121 cm³/mol. The lowest BCUT2D eigenvalue weighted by Gasteiger charge is -2.39. The van der Waals surface area contributed by atoms with Gasteiger partial charge in [0, 0.05) is 50.7 Å². The summed E-state index contributed by atoms with van der Waals surface area (Å²) < 4.78 is 1.97. The summed E-state index contributed by atoms with van der Waals surface area (Å²) in [4.78, 5) is 17.6. The number of anilines is 1. The Morgan fingerprint density at radius 3 is 2.60 bits per heavy atom. The molecule has 1 N–H and O–H groups in total. The van der Waals surface area contributed by atoms with Gasteiger partial charge in [0.15, 0.2) is 0 Å². The van der Waals surface area contributed by atoms with Gasteiger partial charge in [-0.2, -0.15) is 0 Å². The van der Waals surface area contributed by atoms with Gasteiger partial charge in [0.1, 0.15) is 0 Å². The van der Waals surface area contributed by atoms with Crippen molar-refractivity contribution in [1.82, 2.24) is 25.0 Å². The Labute approximate surface area is 183 Å². The molecule has 0 bridgehead atoms. The Morgan fingerprint density at radius 2 is 1.83 bits per heavy atom. The Kier molecular flexibility index (Phi) is 7.04. The monoisotopic (exact) mass is 430 g/mol. The third kappa shape index (κ3) is 5.03. The third-order valence-electron chi connectivity index (χ3n) is 6.56. The van der Waals surface area contributed by atoms with Gasteiger partial charge in [-0.1, -0.05) is 17.8 Å². The highest BCUT2D eigenvalue weighted by atomic mass is 32.1. The molecule has 0 spiro atoms.